The molecule has 0 spiro atoms. The van der Waals surface area contributed by atoms with Gasteiger partial charge in [0.15, 0.2) is 6.61 Å². The third kappa shape index (κ3) is 8.05. The van der Waals surface area contributed by atoms with Gasteiger partial charge in [0.05, 0.1) is 0 Å². The van der Waals surface area contributed by atoms with Crippen LogP contribution in [-0.2, 0) is 9.59 Å². The van der Waals surface area contributed by atoms with Crippen LogP contribution in [0.2, 0.25) is 0 Å². The summed E-state index contributed by atoms with van der Waals surface area (Å²) in [6, 6.07) is 6.28. The Morgan fingerprint density at radius 3 is 2.56 bits per heavy atom. The predicted octanol–water partition coefficient (Wildman–Crippen LogP) is 1.92. The summed E-state index contributed by atoms with van der Waals surface area (Å²) in [5, 5.41) is 13.7. The van der Waals surface area contributed by atoms with Gasteiger partial charge in [-0.2, -0.15) is 0 Å². The number of carbonyl (C=O) groups is 3. The molecule has 25 heavy (non-hydrogen) atoms. The molecule has 1 aromatic carbocycles. The van der Waals surface area contributed by atoms with Gasteiger partial charge in [-0.25, -0.2) is 4.79 Å². The van der Waals surface area contributed by atoms with E-state index in [4.69, 9.17) is 9.84 Å². The lowest BCUT2D eigenvalue weighted by molar-refractivity contribution is -0.137. The molecule has 0 saturated carbocycles. The fourth-order valence-corrected chi connectivity index (χ4v) is 2.09. The number of nitrogens with zero attached hydrogens (tertiary/aromatic N) is 1. The largest absolute Gasteiger partial charge is 0.484 e. The van der Waals surface area contributed by atoms with Crippen molar-refractivity contribution in [2.45, 2.75) is 26.7 Å². The minimum atomic E-state index is -0.897. The monoisotopic (exact) mass is 351 g/mol. The Morgan fingerprint density at radius 1 is 1.20 bits per heavy atom. The first-order valence-electron chi connectivity index (χ1n) is 8.23. The molecule has 1 rings (SSSR count). The molecule has 0 saturated heterocycles. The number of hydrogen-bond donors (Lipinski definition) is 3. The highest BCUT2D eigenvalue weighted by Gasteiger charge is 2.10. The van der Waals surface area contributed by atoms with E-state index in [0.717, 1.165) is 0 Å². The zero-order chi connectivity index (χ0) is 18.7. The number of nitrogens with one attached hydrogen (secondary N) is 2. The molecule has 0 atom stereocenters. The lowest BCUT2D eigenvalue weighted by Gasteiger charge is -2.18. The minimum Gasteiger partial charge on any atom is -0.484 e. The van der Waals surface area contributed by atoms with Gasteiger partial charge in [-0.3, -0.25) is 9.59 Å². The molecule has 0 fully saturated rings. The number of urea groups is 1. The Balaban J connectivity index is 2.45. The first-order chi connectivity index (χ1) is 12.0. The van der Waals surface area contributed by atoms with Crippen molar-refractivity contribution >= 4 is 23.6 Å². The van der Waals surface area contributed by atoms with Crippen LogP contribution in [0.1, 0.15) is 26.7 Å². The number of anilines is 1. The van der Waals surface area contributed by atoms with Gasteiger partial charge in [-0.15, -0.1) is 0 Å². The average Bonchev–Trinajstić information content (AvgIpc) is 2.58. The molecule has 8 nitrogen and oxygen atoms in total. The number of carboxylic acids is 1. The molecule has 0 radical (unpaired) electrons. The van der Waals surface area contributed by atoms with Crippen molar-refractivity contribution in [3.8, 4) is 5.75 Å². The normalized spacial score (nSPS) is 10.0. The summed E-state index contributed by atoms with van der Waals surface area (Å²) in [6.07, 6.45) is 0.365. The number of amides is 3. The summed E-state index contributed by atoms with van der Waals surface area (Å²) in [7, 11) is 0. The smallest absolute Gasteiger partial charge is 0.319 e. The van der Waals surface area contributed by atoms with Crippen LogP contribution in [0.25, 0.3) is 0 Å². The second kappa shape index (κ2) is 10.9. The zero-order valence-corrected chi connectivity index (χ0v) is 14.6. The molecule has 0 bridgehead atoms. The van der Waals surface area contributed by atoms with E-state index in [9.17, 15) is 14.4 Å². The number of hydrogen-bond acceptors (Lipinski definition) is 4. The van der Waals surface area contributed by atoms with Crippen molar-refractivity contribution in [2.24, 2.45) is 0 Å². The molecule has 138 valence electrons. The molecule has 8 heteroatoms. The van der Waals surface area contributed by atoms with Gasteiger partial charge in [0.2, 0.25) is 0 Å². The molecule has 3 N–H and O–H groups in total. The third-order valence-corrected chi connectivity index (χ3v) is 3.42. The summed E-state index contributed by atoms with van der Waals surface area (Å²) < 4.78 is 5.47. The van der Waals surface area contributed by atoms with Crippen molar-refractivity contribution in [1.82, 2.24) is 10.2 Å². The average molecular weight is 351 g/mol. The van der Waals surface area contributed by atoms with Crippen LogP contribution >= 0.6 is 0 Å². The second-order valence-corrected chi connectivity index (χ2v) is 5.26. The van der Waals surface area contributed by atoms with E-state index in [1.165, 1.54) is 0 Å². The topological polar surface area (TPSA) is 108 Å². The van der Waals surface area contributed by atoms with Gasteiger partial charge in [0, 0.05) is 37.8 Å². The Labute approximate surface area is 147 Å². The van der Waals surface area contributed by atoms with Crippen LogP contribution in [0.15, 0.2) is 24.3 Å². The summed E-state index contributed by atoms with van der Waals surface area (Å²) in [4.78, 5) is 35.7. The molecule has 0 aromatic heterocycles. The van der Waals surface area contributed by atoms with E-state index in [0.29, 0.717) is 30.9 Å². The number of likely N-dealkylation sites (N-methyl/N-ethyl adjacent to an activating group) is 1. The molecule has 0 heterocycles. The van der Waals surface area contributed by atoms with Crippen LogP contribution in [0.5, 0.6) is 5.75 Å². The summed E-state index contributed by atoms with van der Waals surface area (Å²) in [5.74, 6) is -0.518. The Morgan fingerprint density at radius 2 is 1.92 bits per heavy atom. The maximum absolute atomic E-state index is 11.9. The molecule has 0 aliphatic rings. The lowest BCUT2D eigenvalue weighted by Crippen LogP contribution is -2.34. The molecule has 0 unspecified atom stereocenters. The Kier molecular flexibility index (Phi) is 8.84. The van der Waals surface area contributed by atoms with Crippen molar-refractivity contribution in [2.75, 3.05) is 31.6 Å². The summed E-state index contributed by atoms with van der Waals surface area (Å²) in [5.41, 5.74) is 0.517. The maximum Gasteiger partial charge on any atom is 0.319 e. The number of benzene rings is 1. The van der Waals surface area contributed by atoms with Gasteiger partial charge in [0.25, 0.3) is 5.91 Å². The van der Waals surface area contributed by atoms with Crippen LogP contribution in [-0.4, -0.2) is 54.2 Å². The minimum absolute atomic E-state index is 0.00414. The number of carboxylic acid groups (broad SMARTS) is 1. The highest BCUT2D eigenvalue weighted by molar-refractivity contribution is 5.89. The van der Waals surface area contributed by atoms with Crippen LogP contribution in [0, 0.1) is 0 Å². The molecule has 0 aliphatic carbocycles. The van der Waals surface area contributed by atoms with Crippen LogP contribution in [0.3, 0.4) is 0 Å². The maximum atomic E-state index is 11.9. The van der Waals surface area contributed by atoms with Gasteiger partial charge in [-0.1, -0.05) is 6.07 Å². The summed E-state index contributed by atoms with van der Waals surface area (Å²) >= 11 is 0. The first kappa shape index (κ1) is 20.3. The van der Waals surface area contributed by atoms with Crippen molar-refractivity contribution in [3.63, 3.8) is 0 Å². The first-order valence-corrected chi connectivity index (χ1v) is 8.23. The number of ether oxygens (including phenoxy) is 1. The highest BCUT2D eigenvalue weighted by atomic mass is 16.5. The van der Waals surface area contributed by atoms with E-state index in [1.54, 1.807) is 29.2 Å². The van der Waals surface area contributed by atoms with Crippen molar-refractivity contribution in [1.29, 1.82) is 0 Å². The van der Waals surface area contributed by atoms with Gasteiger partial charge >= 0.3 is 12.0 Å². The van der Waals surface area contributed by atoms with Crippen LogP contribution in [0.4, 0.5) is 10.5 Å². The number of carbonyl (C=O) groups excluding carboxylic acids is 2. The van der Waals surface area contributed by atoms with E-state index in [1.807, 2.05) is 13.8 Å². The third-order valence-electron chi connectivity index (χ3n) is 3.42. The van der Waals surface area contributed by atoms with E-state index < -0.39 is 12.0 Å². The fourth-order valence-electron chi connectivity index (χ4n) is 2.09. The van der Waals surface area contributed by atoms with Crippen molar-refractivity contribution in [3.05, 3.63) is 24.3 Å². The van der Waals surface area contributed by atoms with Gasteiger partial charge in [-0.05, 0) is 32.4 Å². The number of aliphatic carboxylic acids is 1. The second-order valence-electron chi connectivity index (χ2n) is 5.26. The van der Waals surface area contributed by atoms with E-state index >= 15 is 0 Å². The van der Waals surface area contributed by atoms with Crippen molar-refractivity contribution < 1.29 is 24.2 Å². The molecule has 1 aromatic rings. The lowest BCUT2D eigenvalue weighted by atomic mass is 10.3. The SMILES string of the molecule is CCN(CC)C(=O)COc1cccc(NC(=O)NCCCC(=O)O)c1. The standard InChI is InChI=1S/C17H25N3O5/c1-3-20(4-2)15(21)12-25-14-8-5-7-13(11-14)19-17(24)18-10-6-9-16(22)23/h5,7-8,11H,3-4,6,9-10,12H2,1-2H3,(H,22,23)(H2,18,19,24). The van der Waals surface area contributed by atoms with Gasteiger partial charge < -0.3 is 25.4 Å². The number of rotatable bonds is 10. The Hall–Kier alpha value is -2.77. The Bertz CT molecular complexity index is 587. The quantitative estimate of drug-likeness (QED) is 0.558. The highest BCUT2D eigenvalue weighted by Crippen LogP contribution is 2.17. The van der Waals surface area contributed by atoms with E-state index in [-0.39, 0.29) is 25.5 Å². The molecular weight excluding hydrogens is 326 g/mol. The summed E-state index contributed by atoms with van der Waals surface area (Å²) in [6.45, 7) is 5.27. The van der Waals surface area contributed by atoms with Crippen LogP contribution < -0.4 is 15.4 Å². The molecular formula is C17H25N3O5. The molecule has 3 amide bonds. The molecule has 0 aliphatic heterocycles. The fraction of sp³-hybridized carbons (Fsp3) is 0.471. The predicted molar refractivity (Wildman–Crippen MR) is 93.8 cm³/mol. The zero-order valence-electron chi connectivity index (χ0n) is 14.6. The van der Waals surface area contributed by atoms with Gasteiger partial charge in [0.1, 0.15) is 5.75 Å². The van der Waals surface area contributed by atoms with E-state index in [2.05, 4.69) is 10.6 Å².